The first kappa shape index (κ1) is 15.9. The molecular formula is C11H4Br2F4N2. The molecule has 1 aromatic carbocycles. The maximum Gasteiger partial charge on any atom is 0.418 e. The van der Waals surface area contributed by atoms with Crippen LogP contribution in [0.3, 0.4) is 0 Å². The summed E-state index contributed by atoms with van der Waals surface area (Å²) in [6, 6.07) is 3.20. The van der Waals surface area contributed by atoms with Crippen molar-refractivity contribution < 1.29 is 17.6 Å². The highest BCUT2D eigenvalue weighted by Crippen LogP contribution is 2.44. The molecule has 0 fully saturated rings. The Morgan fingerprint density at radius 2 is 1.32 bits per heavy atom. The molecule has 0 N–H and O–H groups in total. The van der Waals surface area contributed by atoms with Crippen molar-refractivity contribution in [2.75, 3.05) is 0 Å². The van der Waals surface area contributed by atoms with Crippen LogP contribution in [0.15, 0.2) is 8.95 Å². The number of alkyl halides is 3. The fourth-order valence-corrected chi connectivity index (χ4v) is 3.23. The van der Waals surface area contributed by atoms with Crippen LogP contribution in [0.1, 0.15) is 16.7 Å². The van der Waals surface area contributed by atoms with E-state index in [4.69, 9.17) is 10.5 Å². The third-order valence-electron chi connectivity index (χ3n) is 2.29. The molecule has 0 aliphatic carbocycles. The lowest BCUT2D eigenvalue weighted by Gasteiger charge is -2.17. The van der Waals surface area contributed by atoms with E-state index in [-0.39, 0.29) is 0 Å². The van der Waals surface area contributed by atoms with Crippen LogP contribution in [0.2, 0.25) is 0 Å². The minimum absolute atomic E-state index is 0.400. The molecule has 0 aliphatic heterocycles. The lowest BCUT2D eigenvalue weighted by atomic mass is 10.0. The van der Waals surface area contributed by atoms with Crippen LogP contribution in [0.5, 0.6) is 0 Å². The van der Waals surface area contributed by atoms with Crippen molar-refractivity contribution in [3.05, 3.63) is 31.5 Å². The van der Waals surface area contributed by atoms with Crippen LogP contribution in [0, 0.1) is 28.5 Å². The van der Waals surface area contributed by atoms with Gasteiger partial charge in [-0.25, -0.2) is 4.39 Å². The number of nitrogens with zero attached hydrogens (tertiary/aromatic N) is 2. The summed E-state index contributed by atoms with van der Waals surface area (Å²) in [5.74, 6) is -0.977. The summed E-state index contributed by atoms with van der Waals surface area (Å²) >= 11 is 5.36. The summed E-state index contributed by atoms with van der Waals surface area (Å²) in [4.78, 5) is 0. The van der Waals surface area contributed by atoms with E-state index >= 15 is 0 Å². The topological polar surface area (TPSA) is 47.6 Å². The summed E-state index contributed by atoms with van der Waals surface area (Å²) < 4.78 is 51.8. The van der Waals surface area contributed by atoms with Crippen LogP contribution in [0.4, 0.5) is 17.6 Å². The first-order chi connectivity index (χ1) is 8.75. The molecule has 0 atom stereocenters. The van der Waals surface area contributed by atoms with Crippen LogP contribution in [-0.4, -0.2) is 0 Å². The fourth-order valence-electron chi connectivity index (χ4n) is 1.49. The molecule has 0 aromatic heterocycles. The molecular weight excluding hydrogens is 396 g/mol. The molecule has 0 bridgehead atoms. The summed E-state index contributed by atoms with van der Waals surface area (Å²) in [6.45, 7) is 0. The first-order valence-electron chi connectivity index (χ1n) is 4.75. The van der Waals surface area contributed by atoms with E-state index in [0.29, 0.717) is 0 Å². The average molecular weight is 400 g/mol. The van der Waals surface area contributed by atoms with Gasteiger partial charge in [0.2, 0.25) is 0 Å². The lowest BCUT2D eigenvalue weighted by Crippen LogP contribution is -2.13. The van der Waals surface area contributed by atoms with Crippen molar-refractivity contribution in [2.24, 2.45) is 0 Å². The molecule has 0 spiro atoms. The van der Waals surface area contributed by atoms with Crippen molar-refractivity contribution in [1.82, 2.24) is 0 Å². The van der Waals surface area contributed by atoms with Gasteiger partial charge in [-0.1, -0.05) is 0 Å². The second-order valence-electron chi connectivity index (χ2n) is 3.44. The van der Waals surface area contributed by atoms with Crippen molar-refractivity contribution >= 4 is 31.9 Å². The molecule has 0 heterocycles. The predicted octanol–water partition coefficient (Wildman–Crippen LogP) is 4.50. The minimum atomic E-state index is -4.74. The largest absolute Gasteiger partial charge is 0.418 e. The van der Waals surface area contributed by atoms with Gasteiger partial charge in [0, 0.05) is 20.1 Å². The molecule has 100 valence electrons. The SMILES string of the molecule is N#CCc1c(F)c(CC#N)c(Br)c(C(F)(F)F)c1Br. The number of halogens is 6. The van der Waals surface area contributed by atoms with Crippen molar-refractivity contribution in [3.8, 4) is 12.1 Å². The van der Waals surface area contributed by atoms with Crippen molar-refractivity contribution in [2.45, 2.75) is 19.0 Å². The molecule has 1 rings (SSSR count). The molecule has 1 aromatic rings. The Kier molecular flexibility index (Phi) is 4.94. The number of rotatable bonds is 2. The zero-order valence-electron chi connectivity index (χ0n) is 9.08. The Hall–Kier alpha value is -1.12. The maximum atomic E-state index is 14.0. The van der Waals surface area contributed by atoms with Gasteiger partial charge in [-0.2, -0.15) is 23.7 Å². The lowest BCUT2D eigenvalue weighted by molar-refractivity contribution is -0.138. The fraction of sp³-hybridized carbons (Fsp3) is 0.273. The quantitative estimate of drug-likeness (QED) is 0.687. The molecule has 19 heavy (non-hydrogen) atoms. The zero-order valence-corrected chi connectivity index (χ0v) is 12.2. The standard InChI is InChI=1S/C11H4Br2F4N2/c12-8-5(1-3-18)10(14)6(2-4-19)9(13)7(8)11(15,16)17/h1-2H2. The molecule has 2 nitrogen and oxygen atoms in total. The van der Waals surface area contributed by atoms with Gasteiger partial charge in [-0.15, -0.1) is 0 Å². The smallest absolute Gasteiger partial charge is 0.206 e. The Balaban J connectivity index is 3.76. The van der Waals surface area contributed by atoms with E-state index < -0.39 is 50.5 Å². The molecule has 0 saturated heterocycles. The highest BCUT2D eigenvalue weighted by Gasteiger charge is 2.39. The van der Waals surface area contributed by atoms with Gasteiger partial charge in [0.25, 0.3) is 0 Å². The van der Waals surface area contributed by atoms with Crippen LogP contribution < -0.4 is 0 Å². The highest BCUT2D eigenvalue weighted by atomic mass is 79.9. The second kappa shape index (κ2) is 5.89. The van der Waals surface area contributed by atoms with Crippen molar-refractivity contribution in [1.29, 1.82) is 10.5 Å². The average Bonchev–Trinajstić information content (AvgIpc) is 2.28. The molecule has 0 unspecified atom stereocenters. The predicted molar refractivity (Wildman–Crippen MR) is 65.4 cm³/mol. The number of benzene rings is 1. The van der Waals surface area contributed by atoms with E-state index in [9.17, 15) is 17.6 Å². The normalized spacial score (nSPS) is 10.9. The molecule has 8 heteroatoms. The molecule has 0 amide bonds. The van der Waals surface area contributed by atoms with E-state index in [0.717, 1.165) is 0 Å². The maximum absolute atomic E-state index is 14.0. The van der Waals surface area contributed by atoms with Gasteiger partial charge in [0.1, 0.15) is 5.82 Å². The minimum Gasteiger partial charge on any atom is -0.206 e. The number of nitriles is 2. The number of hydrogen-bond donors (Lipinski definition) is 0. The Labute approximate surface area is 122 Å². The zero-order chi connectivity index (χ0) is 14.8. The Morgan fingerprint density at radius 3 is 1.58 bits per heavy atom. The first-order valence-corrected chi connectivity index (χ1v) is 6.33. The molecule has 0 aliphatic rings. The Bertz CT molecular complexity index is 554. The third kappa shape index (κ3) is 3.07. The third-order valence-corrected chi connectivity index (χ3v) is 4.04. The second-order valence-corrected chi connectivity index (χ2v) is 5.03. The van der Waals surface area contributed by atoms with Gasteiger partial charge in [0.05, 0.1) is 30.5 Å². The summed E-state index contributed by atoms with van der Waals surface area (Å²) in [6.07, 6.45) is -5.79. The monoisotopic (exact) mass is 398 g/mol. The Morgan fingerprint density at radius 1 is 0.947 bits per heavy atom. The summed E-state index contributed by atoms with van der Waals surface area (Å²) in [5.41, 5.74) is -1.92. The van der Waals surface area contributed by atoms with E-state index in [1.54, 1.807) is 12.1 Å². The van der Waals surface area contributed by atoms with Gasteiger partial charge in [0.15, 0.2) is 0 Å². The number of hydrogen-bond acceptors (Lipinski definition) is 2. The van der Waals surface area contributed by atoms with E-state index in [1.165, 1.54) is 0 Å². The molecule has 0 saturated carbocycles. The van der Waals surface area contributed by atoms with E-state index in [2.05, 4.69) is 31.9 Å². The highest BCUT2D eigenvalue weighted by molar-refractivity contribution is 9.11. The van der Waals surface area contributed by atoms with E-state index in [1.807, 2.05) is 0 Å². The van der Waals surface area contributed by atoms with Gasteiger partial charge >= 0.3 is 6.18 Å². The summed E-state index contributed by atoms with van der Waals surface area (Å²) in [7, 11) is 0. The van der Waals surface area contributed by atoms with Crippen LogP contribution >= 0.6 is 31.9 Å². The van der Waals surface area contributed by atoms with Gasteiger partial charge in [-0.05, 0) is 31.9 Å². The van der Waals surface area contributed by atoms with Crippen LogP contribution in [-0.2, 0) is 19.0 Å². The van der Waals surface area contributed by atoms with Crippen LogP contribution in [0.25, 0.3) is 0 Å². The van der Waals surface area contributed by atoms with Gasteiger partial charge < -0.3 is 0 Å². The summed E-state index contributed by atoms with van der Waals surface area (Å²) in [5, 5.41) is 17.1. The van der Waals surface area contributed by atoms with Crippen molar-refractivity contribution in [3.63, 3.8) is 0 Å². The molecule has 0 radical (unpaired) electrons. The van der Waals surface area contributed by atoms with Gasteiger partial charge in [-0.3, -0.25) is 0 Å².